The lowest BCUT2D eigenvalue weighted by Gasteiger charge is -2.12. The van der Waals surface area contributed by atoms with Gasteiger partial charge in [0.25, 0.3) is 11.6 Å². The monoisotopic (exact) mass is 400 g/mol. The normalized spacial score (nSPS) is 10.5. The van der Waals surface area contributed by atoms with E-state index < -0.39 is 23.4 Å². The van der Waals surface area contributed by atoms with E-state index in [2.05, 4.69) is 19.2 Å². The predicted octanol–water partition coefficient (Wildman–Crippen LogP) is 3.90. The fraction of sp³-hybridized carbons (Fsp3) is 0.333. The smallest absolute Gasteiger partial charge is 0.344 e. The van der Waals surface area contributed by atoms with E-state index >= 15 is 0 Å². The number of rotatable bonds is 8. The summed E-state index contributed by atoms with van der Waals surface area (Å²) >= 11 is 0. The van der Waals surface area contributed by atoms with Gasteiger partial charge in [-0.3, -0.25) is 14.9 Å². The summed E-state index contributed by atoms with van der Waals surface area (Å²) in [5.74, 6) is -0.358. The average Bonchev–Trinajstić information content (AvgIpc) is 2.66. The van der Waals surface area contributed by atoms with E-state index in [9.17, 15) is 19.7 Å². The molecule has 29 heavy (non-hydrogen) atoms. The van der Waals surface area contributed by atoms with E-state index in [1.165, 1.54) is 23.8 Å². The SMILES string of the molecule is Cc1ccc([N+](=O)[O-])cc1NC(=O)COC(=O)COc1ccc(C(C)C)c(C)c1. The standard InChI is InChI=1S/C21H24N2O6/c1-13(2)18-8-7-17(9-15(18)4)28-12-21(25)29-11-20(24)22-19-10-16(23(26)27)6-5-14(19)3/h5-10,13H,11-12H2,1-4H3,(H,22,24). The van der Waals surface area contributed by atoms with Crippen molar-refractivity contribution >= 4 is 23.3 Å². The predicted molar refractivity (Wildman–Crippen MR) is 108 cm³/mol. The van der Waals surface area contributed by atoms with Gasteiger partial charge in [-0.2, -0.15) is 0 Å². The van der Waals surface area contributed by atoms with Gasteiger partial charge in [0.15, 0.2) is 13.2 Å². The highest BCUT2D eigenvalue weighted by Crippen LogP contribution is 2.24. The van der Waals surface area contributed by atoms with Crippen molar-refractivity contribution in [2.75, 3.05) is 18.5 Å². The van der Waals surface area contributed by atoms with Crippen LogP contribution >= 0.6 is 0 Å². The highest BCUT2D eigenvalue weighted by molar-refractivity contribution is 5.93. The van der Waals surface area contributed by atoms with E-state index in [1.54, 1.807) is 13.0 Å². The van der Waals surface area contributed by atoms with Gasteiger partial charge in [-0.05, 0) is 48.6 Å². The minimum Gasteiger partial charge on any atom is -0.482 e. The first kappa shape index (κ1) is 21.9. The summed E-state index contributed by atoms with van der Waals surface area (Å²) in [7, 11) is 0. The van der Waals surface area contributed by atoms with Gasteiger partial charge < -0.3 is 14.8 Å². The zero-order valence-corrected chi connectivity index (χ0v) is 16.9. The number of esters is 1. The molecule has 0 fully saturated rings. The minimum atomic E-state index is -0.693. The third-order valence-corrected chi connectivity index (χ3v) is 4.29. The Morgan fingerprint density at radius 1 is 1.07 bits per heavy atom. The van der Waals surface area contributed by atoms with E-state index in [4.69, 9.17) is 9.47 Å². The van der Waals surface area contributed by atoms with Crippen molar-refractivity contribution in [1.82, 2.24) is 0 Å². The van der Waals surface area contributed by atoms with E-state index in [1.807, 2.05) is 19.1 Å². The van der Waals surface area contributed by atoms with Gasteiger partial charge in [0.2, 0.25) is 0 Å². The third-order valence-electron chi connectivity index (χ3n) is 4.29. The maximum Gasteiger partial charge on any atom is 0.344 e. The maximum absolute atomic E-state index is 12.0. The molecule has 0 saturated carbocycles. The topological polar surface area (TPSA) is 108 Å². The first-order valence-electron chi connectivity index (χ1n) is 9.11. The first-order valence-corrected chi connectivity index (χ1v) is 9.11. The molecule has 154 valence electrons. The van der Waals surface area contributed by atoms with E-state index in [0.717, 1.165) is 5.56 Å². The Morgan fingerprint density at radius 3 is 2.41 bits per heavy atom. The number of nitrogens with one attached hydrogen (secondary N) is 1. The van der Waals surface area contributed by atoms with E-state index in [-0.39, 0.29) is 18.0 Å². The average molecular weight is 400 g/mol. The van der Waals surface area contributed by atoms with Crippen molar-refractivity contribution < 1.29 is 24.0 Å². The number of anilines is 1. The number of benzene rings is 2. The first-order chi connectivity index (χ1) is 13.7. The van der Waals surface area contributed by atoms with Crippen molar-refractivity contribution in [1.29, 1.82) is 0 Å². The molecule has 2 rings (SSSR count). The maximum atomic E-state index is 12.0. The number of nitro groups is 1. The fourth-order valence-electron chi connectivity index (χ4n) is 2.76. The van der Waals surface area contributed by atoms with Gasteiger partial charge in [-0.15, -0.1) is 0 Å². The van der Waals surface area contributed by atoms with Crippen LogP contribution in [0.15, 0.2) is 36.4 Å². The van der Waals surface area contributed by atoms with Crippen LogP contribution < -0.4 is 10.1 Å². The molecule has 2 aromatic rings. The van der Waals surface area contributed by atoms with Crippen molar-refractivity contribution in [2.45, 2.75) is 33.6 Å². The summed E-state index contributed by atoms with van der Waals surface area (Å²) < 4.78 is 10.3. The largest absolute Gasteiger partial charge is 0.482 e. The third kappa shape index (κ3) is 6.31. The molecule has 0 aliphatic rings. The number of amides is 1. The van der Waals surface area contributed by atoms with E-state index in [0.29, 0.717) is 17.2 Å². The number of hydrogen-bond acceptors (Lipinski definition) is 6. The second-order valence-corrected chi connectivity index (χ2v) is 6.93. The Bertz CT molecular complexity index is 923. The fourth-order valence-corrected chi connectivity index (χ4v) is 2.76. The quantitative estimate of drug-likeness (QED) is 0.409. The molecule has 8 nitrogen and oxygen atoms in total. The molecule has 0 aromatic heterocycles. The van der Waals surface area contributed by atoms with Crippen LogP contribution in [0.3, 0.4) is 0 Å². The van der Waals surface area contributed by atoms with Crippen LogP contribution in [0.1, 0.15) is 36.5 Å². The zero-order valence-electron chi connectivity index (χ0n) is 16.9. The minimum absolute atomic E-state index is 0.143. The van der Waals surface area contributed by atoms with Crippen LogP contribution in [0.4, 0.5) is 11.4 Å². The van der Waals surface area contributed by atoms with Gasteiger partial charge in [-0.1, -0.05) is 26.0 Å². The molecular weight excluding hydrogens is 376 g/mol. The second kappa shape index (κ2) is 9.68. The summed E-state index contributed by atoms with van der Waals surface area (Å²) in [6, 6.07) is 9.71. The summed E-state index contributed by atoms with van der Waals surface area (Å²) in [6.45, 7) is 7.02. The van der Waals surface area contributed by atoms with Crippen LogP contribution in [0.2, 0.25) is 0 Å². The lowest BCUT2D eigenvalue weighted by Crippen LogP contribution is -2.24. The van der Waals surface area contributed by atoms with Gasteiger partial charge >= 0.3 is 5.97 Å². The number of carbonyl (C=O) groups is 2. The van der Waals surface area contributed by atoms with Gasteiger partial charge in [0, 0.05) is 12.1 Å². The Hall–Kier alpha value is -3.42. The summed E-state index contributed by atoms with van der Waals surface area (Å²) in [5.41, 5.74) is 3.07. The number of aryl methyl sites for hydroxylation is 2. The molecule has 2 aromatic carbocycles. The number of hydrogen-bond donors (Lipinski definition) is 1. The molecule has 1 N–H and O–H groups in total. The van der Waals surface area contributed by atoms with Gasteiger partial charge in [0.1, 0.15) is 5.75 Å². The highest BCUT2D eigenvalue weighted by atomic mass is 16.6. The Labute approximate surface area is 169 Å². The van der Waals surface area contributed by atoms with Crippen LogP contribution in [-0.2, 0) is 14.3 Å². The molecule has 0 aliphatic carbocycles. The molecular formula is C21H24N2O6. The lowest BCUT2D eigenvalue weighted by molar-refractivity contribution is -0.384. The molecule has 1 amide bonds. The van der Waals surface area contributed by atoms with Crippen LogP contribution in [0.5, 0.6) is 5.75 Å². The van der Waals surface area contributed by atoms with Crippen molar-refractivity contribution in [2.24, 2.45) is 0 Å². The number of carbonyl (C=O) groups excluding carboxylic acids is 2. The Morgan fingerprint density at radius 2 is 1.79 bits per heavy atom. The summed E-state index contributed by atoms with van der Waals surface area (Å²) in [6.07, 6.45) is 0. The Balaban J connectivity index is 1.83. The number of nitro benzene ring substituents is 1. The van der Waals surface area contributed by atoms with Crippen molar-refractivity contribution in [3.8, 4) is 5.75 Å². The number of non-ortho nitro benzene ring substituents is 1. The van der Waals surface area contributed by atoms with Gasteiger partial charge in [-0.25, -0.2) is 4.79 Å². The summed E-state index contributed by atoms with van der Waals surface area (Å²) in [4.78, 5) is 34.1. The second-order valence-electron chi connectivity index (χ2n) is 6.93. The van der Waals surface area contributed by atoms with Crippen molar-refractivity contribution in [3.63, 3.8) is 0 Å². The van der Waals surface area contributed by atoms with Crippen LogP contribution in [0.25, 0.3) is 0 Å². The number of ether oxygens (including phenoxy) is 2. The summed E-state index contributed by atoms with van der Waals surface area (Å²) in [5, 5.41) is 13.3. The highest BCUT2D eigenvalue weighted by Gasteiger charge is 2.13. The molecule has 0 unspecified atom stereocenters. The molecule has 0 bridgehead atoms. The Kier molecular flexibility index (Phi) is 7.30. The van der Waals surface area contributed by atoms with Crippen LogP contribution in [0, 0.1) is 24.0 Å². The number of nitrogens with zero attached hydrogens (tertiary/aromatic N) is 1. The molecule has 0 radical (unpaired) electrons. The zero-order chi connectivity index (χ0) is 21.6. The molecule has 8 heteroatoms. The van der Waals surface area contributed by atoms with Gasteiger partial charge in [0.05, 0.1) is 10.6 Å². The van der Waals surface area contributed by atoms with Crippen molar-refractivity contribution in [3.05, 3.63) is 63.2 Å². The molecule has 0 saturated heterocycles. The molecule has 0 aliphatic heterocycles. The molecule has 0 spiro atoms. The van der Waals surface area contributed by atoms with Crippen LogP contribution in [-0.4, -0.2) is 30.0 Å². The lowest BCUT2D eigenvalue weighted by atomic mass is 9.98. The molecule has 0 atom stereocenters. The molecule has 0 heterocycles.